The maximum Gasteiger partial charge on any atom is 0.0898 e. The number of allylic oxidation sites excluding steroid dienone is 1. The minimum Gasteiger partial charge on any atom is -0.312 e. The predicted octanol–water partition coefficient (Wildman–Crippen LogP) is 2.68. The van der Waals surface area contributed by atoms with Crippen LogP contribution in [-0.4, -0.2) is 12.0 Å². The number of aryl methyl sites for hydroxylation is 1. The van der Waals surface area contributed by atoms with Gasteiger partial charge in [0.05, 0.1) is 16.7 Å². The summed E-state index contributed by atoms with van der Waals surface area (Å²) in [6.45, 7) is 5.76. The summed E-state index contributed by atoms with van der Waals surface area (Å²) in [4.78, 5) is 4.46. The van der Waals surface area contributed by atoms with Gasteiger partial charge in [0, 0.05) is 5.38 Å². The molecule has 0 fully saturated rings. The van der Waals surface area contributed by atoms with Crippen molar-refractivity contribution in [1.82, 2.24) is 10.3 Å². The highest BCUT2D eigenvalue weighted by molar-refractivity contribution is 7.09. The highest BCUT2D eigenvalue weighted by Gasteiger charge is 2.10. The van der Waals surface area contributed by atoms with Crippen LogP contribution in [-0.2, 0) is 0 Å². The molecule has 0 bridgehead atoms. The van der Waals surface area contributed by atoms with Gasteiger partial charge in [-0.1, -0.05) is 6.08 Å². The first kappa shape index (κ1) is 10.4. The molecule has 2 nitrogen and oxygen atoms in total. The molecule has 0 aromatic carbocycles. The van der Waals surface area contributed by atoms with Crippen molar-refractivity contribution in [2.45, 2.75) is 25.8 Å². The average Bonchev–Trinajstić information content (AvgIpc) is 2.54. The molecule has 1 unspecified atom stereocenters. The van der Waals surface area contributed by atoms with E-state index in [9.17, 15) is 0 Å². The molecule has 0 aliphatic rings. The lowest BCUT2D eigenvalue weighted by molar-refractivity contribution is 0.543. The molecule has 0 aliphatic heterocycles. The van der Waals surface area contributed by atoms with E-state index in [-0.39, 0.29) is 0 Å². The molecule has 0 spiro atoms. The Morgan fingerprint density at radius 1 is 1.77 bits per heavy atom. The minimum atomic E-state index is 0.378. The molecular weight excluding hydrogens is 180 g/mol. The van der Waals surface area contributed by atoms with Crippen LogP contribution in [0.5, 0.6) is 0 Å². The van der Waals surface area contributed by atoms with Gasteiger partial charge in [0.1, 0.15) is 0 Å². The number of hydrogen-bond acceptors (Lipinski definition) is 3. The fourth-order valence-corrected chi connectivity index (χ4v) is 1.93. The molecule has 1 heterocycles. The van der Waals surface area contributed by atoms with Crippen molar-refractivity contribution in [2.75, 3.05) is 7.05 Å². The maximum absolute atomic E-state index is 4.46. The summed E-state index contributed by atoms with van der Waals surface area (Å²) in [6, 6.07) is 0.378. The van der Waals surface area contributed by atoms with E-state index in [1.807, 2.05) is 20.0 Å². The van der Waals surface area contributed by atoms with Crippen molar-refractivity contribution in [3.8, 4) is 0 Å². The normalized spacial score (nSPS) is 12.8. The number of aromatic nitrogens is 1. The summed E-state index contributed by atoms with van der Waals surface area (Å²) in [5.74, 6) is 0. The molecule has 72 valence electrons. The lowest BCUT2D eigenvalue weighted by Crippen LogP contribution is -2.16. The largest absolute Gasteiger partial charge is 0.312 e. The van der Waals surface area contributed by atoms with Crippen LogP contribution in [0.3, 0.4) is 0 Å². The highest BCUT2D eigenvalue weighted by atomic mass is 32.1. The molecule has 3 heteroatoms. The summed E-state index contributed by atoms with van der Waals surface area (Å²) >= 11 is 1.70. The maximum atomic E-state index is 4.46. The van der Waals surface area contributed by atoms with Gasteiger partial charge < -0.3 is 5.32 Å². The van der Waals surface area contributed by atoms with Gasteiger partial charge in [-0.15, -0.1) is 17.9 Å². The molecule has 1 atom stereocenters. The monoisotopic (exact) mass is 196 g/mol. The summed E-state index contributed by atoms with van der Waals surface area (Å²) in [6.07, 6.45) is 4.05. The van der Waals surface area contributed by atoms with Gasteiger partial charge in [-0.25, -0.2) is 4.98 Å². The molecule has 1 rings (SSSR count). The van der Waals surface area contributed by atoms with Gasteiger partial charge in [0.2, 0.25) is 0 Å². The van der Waals surface area contributed by atoms with Gasteiger partial charge in [0.15, 0.2) is 0 Å². The fourth-order valence-electron chi connectivity index (χ4n) is 1.26. The van der Waals surface area contributed by atoms with Gasteiger partial charge in [0.25, 0.3) is 0 Å². The quantitative estimate of drug-likeness (QED) is 0.732. The van der Waals surface area contributed by atoms with E-state index in [4.69, 9.17) is 0 Å². The van der Waals surface area contributed by atoms with Crippen LogP contribution in [0, 0.1) is 6.92 Å². The Labute approximate surface area is 83.7 Å². The van der Waals surface area contributed by atoms with Gasteiger partial charge in [-0.05, 0) is 26.8 Å². The van der Waals surface area contributed by atoms with Crippen LogP contribution < -0.4 is 5.32 Å². The third-order valence-corrected chi connectivity index (χ3v) is 2.79. The minimum absolute atomic E-state index is 0.378. The number of hydrogen-bond donors (Lipinski definition) is 1. The fraction of sp³-hybridized carbons (Fsp3) is 0.500. The van der Waals surface area contributed by atoms with Crippen molar-refractivity contribution in [1.29, 1.82) is 0 Å². The van der Waals surface area contributed by atoms with Crippen LogP contribution in [0.4, 0.5) is 0 Å². The Hall–Kier alpha value is -0.670. The molecule has 0 amide bonds. The Bertz CT molecular complexity index is 268. The van der Waals surface area contributed by atoms with Gasteiger partial charge in [-0.2, -0.15) is 0 Å². The van der Waals surface area contributed by atoms with Crippen LogP contribution in [0.15, 0.2) is 18.0 Å². The van der Waals surface area contributed by atoms with Gasteiger partial charge in [-0.3, -0.25) is 0 Å². The van der Waals surface area contributed by atoms with E-state index >= 15 is 0 Å². The van der Waals surface area contributed by atoms with Crippen molar-refractivity contribution in [3.63, 3.8) is 0 Å². The molecule has 1 aromatic heterocycles. The molecule has 0 saturated heterocycles. The number of nitrogens with one attached hydrogen (secondary N) is 1. The van der Waals surface area contributed by atoms with Crippen LogP contribution in [0.2, 0.25) is 0 Å². The van der Waals surface area contributed by atoms with Crippen LogP contribution >= 0.6 is 11.3 Å². The van der Waals surface area contributed by atoms with E-state index in [1.54, 1.807) is 11.3 Å². The number of thiazole rings is 1. The van der Waals surface area contributed by atoms with E-state index in [0.717, 1.165) is 23.5 Å². The van der Waals surface area contributed by atoms with E-state index < -0.39 is 0 Å². The molecule has 0 radical (unpaired) electrons. The predicted molar refractivity (Wildman–Crippen MR) is 58.1 cm³/mol. The van der Waals surface area contributed by atoms with Gasteiger partial charge >= 0.3 is 0 Å². The molecule has 1 aromatic rings. The Kier molecular flexibility index (Phi) is 4.12. The van der Waals surface area contributed by atoms with Crippen molar-refractivity contribution < 1.29 is 0 Å². The second-order valence-electron chi connectivity index (χ2n) is 3.00. The zero-order valence-electron chi connectivity index (χ0n) is 8.21. The lowest BCUT2D eigenvalue weighted by Gasteiger charge is -2.11. The SMILES string of the molecule is C=CCCC(NC)c1csc(C)n1. The summed E-state index contributed by atoms with van der Waals surface area (Å²) in [5, 5.41) is 6.52. The van der Waals surface area contributed by atoms with E-state index in [0.29, 0.717) is 6.04 Å². The smallest absolute Gasteiger partial charge is 0.0898 e. The highest BCUT2D eigenvalue weighted by Crippen LogP contribution is 2.19. The first-order valence-corrected chi connectivity index (χ1v) is 5.36. The molecule has 0 aliphatic carbocycles. The summed E-state index contributed by atoms with van der Waals surface area (Å²) in [5.41, 5.74) is 1.16. The standard InChI is InChI=1S/C10H16N2S/c1-4-5-6-9(11-3)10-7-13-8(2)12-10/h4,7,9,11H,1,5-6H2,2-3H3. The summed E-state index contributed by atoms with van der Waals surface area (Å²) in [7, 11) is 1.97. The van der Waals surface area contributed by atoms with Crippen molar-refractivity contribution in [2.24, 2.45) is 0 Å². The molecule has 0 saturated carbocycles. The topological polar surface area (TPSA) is 24.9 Å². The molecular formula is C10H16N2S. The second kappa shape index (κ2) is 5.14. The zero-order chi connectivity index (χ0) is 9.68. The second-order valence-corrected chi connectivity index (χ2v) is 4.06. The summed E-state index contributed by atoms with van der Waals surface area (Å²) < 4.78 is 0. The third-order valence-electron chi connectivity index (χ3n) is 2.00. The molecule has 1 N–H and O–H groups in total. The first-order valence-electron chi connectivity index (χ1n) is 4.48. The Balaban J connectivity index is 2.60. The average molecular weight is 196 g/mol. The van der Waals surface area contributed by atoms with E-state index in [2.05, 4.69) is 22.3 Å². The Morgan fingerprint density at radius 3 is 3.00 bits per heavy atom. The van der Waals surface area contributed by atoms with Crippen LogP contribution in [0.1, 0.15) is 29.6 Å². The Morgan fingerprint density at radius 2 is 2.54 bits per heavy atom. The number of rotatable bonds is 5. The number of nitrogens with zero attached hydrogens (tertiary/aromatic N) is 1. The molecule has 13 heavy (non-hydrogen) atoms. The van der Waals surface area contributed by atoms with E-state index in [1.165, 1.54) is 0 Å². The van der Waals surface area contributed by atoms with Crippen LogP contribution in [0.25, 0.3) is 0 Å². The third kappa shape index (κ3) is 2.94. The first-order chi connectivity index (χ1) is 6.27. The lowest BCUT2D eigenvalue weighted by atomic mass is 10.1. The zero-order valence-corrected chi connectivity index (χ0v) is 9.03. The van der Waals surface area contributed by atoms with Crippen molar-refractivity contribution >= 4 is 11.3 Å². The van der Waals surface area contributed by atoms with Crippen molar-refractivity contribution in [3.05, 3.63) is 28.7 Å².